The third-order valence-electron chi connectivity index (χ3n) is 5.72. The van der Waals surface area contributed by atoms with Crippen molar-refractivity contribution < 1.29 is 4.74 Å². The van der Waals surface area contributed by atoms with Crippen molar-refractivity contribution in [1.29, 1.82) is 0 Å². The van der Waals surface area contributed by atoms with E-state index in [1.54, 1.807) is 0 Å². The minimum absolute atomic E-state index is 0. The number of likely N-dealkylation sites (N-methyl/N-ethyl adjacent to an activating group) is 1. The van der Waals surface area contributed by atoms with Crippen LogP contribution in [0.1, 0.15) is 39.0 Å². The molecule has 1 aliphatic heterocycles. The van der Waals surface area contributed by atoms with Gasteiger partial charge >= 0.3 is 0 Å². The van der Waals surface area contributed by atoms with Crippen LogP contribution in [0.3, 0.4) is 0 Å². The topological polar surface area (TPSA) is 40.1 Å². The van der Waals surface area contributed by atoms with E-state index in [2.05, 4.69) is 48.2 Å². The van der Waals surface area contributed by atoms with Gasteiger partial charge in [0, 0.05) is 45.2 Å². The maximum absolute atomic E-state index is 5.49. The Morgan fingerprint density at radius 3 is 2.58 bits per heavy atom. The van der Waals surface area contributed by atoms with Crippen LogP contribution >= 0.6 is 24.0 Å². The number of halogens is 1. The first kappa shape index (κ1) is 22.0. The molecule has 1 saturated heterocycles. The molecule has 1 heterocycles. The first-order chi connectivity index (χ1) is 11.0. The van der Waals surface area contributed by atoms with Gasteiger partial charge < -0.3 is 19.9 Å². The lowest BCUT2D eigenvalue weighted by Crippen LogP contribution is -2.56. The summed E-state index contributed by atoms with van der Waals surface area (Å²) in [5, 5.41) is 3.65. The summed E-state index contributed by atoms with van der Waals surface area (Å²) >= 11 is 0. The second-order valence-electron chi connectivity index (χ2n) is 7.83. The van der Waals surface area contributed by atoms with Crippen LogP contribution in [0.4, 0.5) is 0 Å². The molecule has 0 aromatic carbocycles. The van der Waals surface area contributed by atoms with E-state index in [4.69, 9.17) is 4.74 Å². The summed E-state index contributed by atoms with van der Waals surface area (Å²) in [6, 6.07) is 0. The van der Waals surface area contributed by atoms with E-state index in [0.717, 1.165) is 38.2 Å². The normalized spacial score (nSPS) is 31.0. The maximum Gasteiger partial charge on any atom is 0.193 e. The van der Waals surface area contributed by atoms with Gasteiger partial charge in [0.15, 0.2) is 5.96 Å². The Morgan fingerprint density at radius 2 is 2.04 bits per heavy atom. The van der Waals surface area contributed by atoms with Gasteiger partial charge in [-0.25, -0.2) is 0 Å². The predicted molar refractivity (Wildman–Crippen MR) is 112 cm³/mol. The van der Waals surface area contributed by atoms with Crippen molar-refractivity contribution in [2.75, 3.05) is 54.5 Å². The Morgan fingerprint density at radius 1 is 1.29 bits per heavy atom. The first-order valence-corrected chi connectivity index (χ1v) is 9.14. The van der Waals surface area contributed by atoms with E-state index >= 15 is 0 Å². The van der Waals surface area contributed by atoms with Crippen LogP contribution in [0.2, 0.25) is 0 Å². The summed E-state index contributed by atoms with van der Waals surface area (Å²) in [5.41, 5.74) is 0.255. The second-order valence-corrected chi connectivity index (χ2v) is 7.83. The van der Waals surface area contributed by atoms with Gasteiger partial charge in [0.2, 0.25) is 0 Å². The molecule has 0 radical (unpaired) electrons. The molecule has 1 aliphatic carbocycles. The summed E-state index contributed by atoms with van der Waals surface area (Å²) < 4.78 is 5.49. The Balaban J connectivity index is 0.00000288. The number of hydrogen-bond donors (Lipinski definition) is 1. The predicted octanol–water partition coefficient (Wildman–Crippen LogP) is 2.66. The number of hydrogen-bond acceptors (Lipinski definition) is 3. The molecule has 0 aromatic rings. The molecule has 3 unspecified atom stereocenters. The summed E-state index contributed by atoms with van der Waals surface area (Å²) in [4.78, 5) is 9.18. The van der Waals surface area contributed by atoms with Crippen LogP contribution in [0.15, 0.2) is 4.99 Å². The van der Waals surface area contributed by atoms with Gasteiger partial charge in [0.1, 0.15) is 0 Å². The number of nitrogens with one attached hydrogen (secondary N) is 1. The summed E-state index contributed by atoms with van der Waals surface area (Å²) in [5.74, 6) is 2.45. The van der Waals surface area contributed by atoms with Crippen LogP contribution in [-0.4, -0.2) is 75.8 Å². The van der Waals surface area contributed by atoms with E-state index in [-0.39, 0.29) is 29.5 Å². The fourth-order valence-corrected chi connectivity index (χ4v) is 4.19. The van der Waals surface area contributed by atoms with Crippen molar-refractivity contribution in [3.8, 4) is 0 Å². The Kier molecular flexibility index (Phi) is 9.30. The molecule has 1 N–H and O–H groups in total. The van der Waals surface area contributed by atoms with E-state index in [1.807, 2.05) is 7.05 Å². The molecule has 0 bridgehead atoms. The molecule has 6 heteroatoms. The lowest BCUT2D eigenvalue weighted by atomic mass is 9.75. The van der Waals surface area contributed by atoms with Crippen LogP contribution in [0.25, 0.3) is 0 Å². The quantitative estimate of drug-likeness (QED) is 0.396. The van der Waals surface area contributed by atoms with E-state index < -0.39 is 0 Å². The molecular formula is C18H37IN4O. The van der Waals surface area contributed by atoms with Gasteiger partial charge in [-0.2, -0.15) is 0 Å². The van der Waals surface area contributed by atoms with E-state index in [0.29, 0.717) is 5.92 Å². The molecule has 142 valence electrons. The number of guanidine groups is 1. The molecule has 0 aromatic heterocycles. The highest BCUT2D eigenvalue weighted by Gasteiger charge is 2.37. The summed E-state index contributed by atoms with van der Waals surface area (Å²) in [6.45, 7) is 6.18. The van der Waals surface area contributed by atoms with Crippen LogP contribution in [0, 0.1) is 11.8 Å². The van der Waals surface area contributed by atoms with Gasteiger partial charge in [-0.1, -0.05) is 19.8 Å². The zero-order chi connectivity index (χ0) is 16.9. The molecule has 1 saturated carbocycles. The zero-order valence-corrected chi connectivity index (χ0v) is 18.5. The number of rotatable bonds is 5. The fourth-order valence-electron chi connectivity index (χ4n) is 4.19. The first-order valence-electron chi connectivity index (χ1n) is 9.14. The van der Waals surface area contributed by atoms with Crippen LogP contribution < -0.4 is 5.32 Å². The second kappa shape index (κ2) is 10.2. The molecular weight excluding hydrogens is 415 g/mol. The highest BCUT2D eigenvalue weighted by Crippen LogP contribution is 2.35. The van der Waals surface area contributed by atoms with Crippen molar-refractivity contribution >= 4 is 29.9 Å². The third kappa shape index (κ3) is 5.73. The Hall–Kier alpha value is -0.0800. The van der Waals surface area contributed by atoms with E-state index in [9.17, 15) is 0 Å². The highest BCUT2D eigenvalue weighted by atomic mass is 127. The molecule has 0 amide bonds. The Labute approximate surface area is 165 Å². The zero-order valence-electron chi connectivity index (χ0n) is 16.2. The van der Waals surface area contributed by atoms with Gasteiger partial charge in [-0.15, -0.1) is 24.0 Å². The standard InChI is InChI=1S/C18H36N4O.HI/c1-15-7-6-9-18(11-15,21(3)4)14-20-17(19-2)22(5)12-16-8-10-23-13-16;/h15-16H,6-14H2,1-5H3,(H,19,20);1H. The Bertz CT molecular complexity index is 398. The van der Waals surface area contributed by atoms with Crippen molar-refractivity contribution in [2.24, 2.45) is 16.8 Å². The molecule has 2 rings (SSSR count). The van der Waals surface area contributed by atoms with Crippen LogP contribution in [0.5, 0.6) is 0 Å². The van der Waals surface area contributed by atoms with Crippen molar-refractivity contribution in [2.45, 2.75) is 44.6 Å². The lowest BCUT2D eigenvalue weighted by molar-refractivity contribution is 0.0789. The number of nitrogens with zero attached hydrogens (tertiary/aromatic N) is 3. The molecule has 5 nitrogen and oxygen atoms in total. The van der Waals surface area contributed by atoms with Crippen molar-refractivity contribution in [3.63, 3.8) is 0 Å². The highest BCUT2D eigenvalue weighted by molar-refractivity contribution is 14.0. The van der Waals surface area contributed by atoms with Crippen molar-refractivity contribution in [1.82, 2.24) is 15.1 Å². The number of ether oxygens (including phenoxy) is 1. The van der Waals surface area contributed by atoms with Crippen molar-refractivity contribution in [3.05, 3.63) is 0 Å². The smallest absolute Gasteiger partial charge is 0.193 e. The molecule has 2 fully saturated rings. The SMILES string of the molecule is CN=C(NCC1(N(C)C)CCCC(C)C1)N(C)CC1CCOC1.I. The molecule has 3 atom stereocenters. The largest absolute Gasteiger partial charge is 0.381 e. The average Bonchev–Trinajstić information content (AvgIpc) is 3.00. The van der Waals surface area contributed by atoms with Gasteiger partial charge in [0.25, 0.3) is 0 Å². The monoisotopic (exact) mass is 452 g/mol. The third-order valence-corrected chi connectivity index (χ3v) is 5.72. The number of aliphatic imine (C=N–C) groups is 1. The van der Waals surface area contributed by atoms with Crippen LogP contribution in [-0.2, 0) is 4.74 Å². The molecule has 24 heavy (non-hydrogen) atoms. The lowest BCUT2D eigenvalue weighted by Gasteiger charge is -2.45. The summed E-state index contributed by atoms with van der Waals surface area (Å²) in [7, 11) is 8.47. The average molecular weight is 452 g/mol. The van der Waals surface area contributed by atoms with E-state index in [1.165, 1.54) is 32.1 Å². The molecule has 2 aliphatic rings. The summed E-state index contributed by atoms with van der Waals surface area (Å²) in [6.07, 6.45) is 6.40. The minimum Gasteiger partial charge on any atom is -0.381 e. The fraction of sp³-hybridized carbons (Fsp3) is 0.944. The van der Waals surface area contributed by atoms with Gasteiger partial charge in [0.05, 0.1) is 6.61 Å². The minimum atomic E-state index is 0. The molecule has 0 spiro atoms. The maximum atomic E-state index is 5.49. The van der Waals surface area contributed by atoms with Gasteiger partial charge in [-0.3, -0.25) is 4.99 Å². The van der Waals surface area contributed by atoms with Gasteiger partial charge in [-0.05, 0) is 39.3 Å².